The van der Waals surface area contributed by atoms with Crippen LogP contribution in [0.15, 0.2) is 40.8 Å². The van der Waals surface area contributed by atoms with Crippen LogP contribution in [0.1, 0.15) is 18.8 Å². The Bertz CT molecular complexity index is 528. The molecule has 5 nitrogen and oxygen atoms in total. The lowest BCUT2D eigenvalue weighted by atomic mass is 10.1. The number of nitrogens with zero attached hydrogens (tertiary/aromatic N) is 1. The maximum atomic E-state index is 10.5. The summed E-state index contributed by atoms with van der Waals surface area (Å²) in [4.78, 5) is 10.0. The minimum atomic E-state index is -0.665. The van der Waals surface area contributed by atoms with Gasteiger partial charge in [0.05, 0.1) is 4.92 Å². The van der Waals surface area contributed by atoms with E-state index < -0.39 is 11.0 Å². The number of nitro groups is 1. The highest BCUT2D eigenvalue weighted by molar-refractivity contribution is 5.59. The summed E-state index contributed by atoms with van der Waals surface area (Å²) in [5, 5.41) is 19.8. The minimum absolute atomic E-state index is 0.0380. The third-order valence-electron chi connectivity index (χ3n) is 2.40. The van der Waals surface area contributed by atoms with Crippen LogP contribution in [0.5, 0.6) is 0 Å². The Labute approximate surface area is 97.5 Å². The fraction of sp³-hybridized carbons (Fsp3) is 0.167. The van der Waals surface area contributed by atoms with Crippen LogP contribution in [0, 0.1) is 10.1 Å². The monoisotopic (exact) mass is 233 g/mol. The number of hydrogen-bond acceptors (Lipinski definition) is 4. The summed E-state index contributed by atoms with van der Waals surface area (Å²) in [7, 11) is 0. The maximum Gasteiger partial charge on any atom is 0.269 e. The third kappa shape index (κ3) is 2.34. The van der Waals surface area contributed by atoms with Gasteiger partial charge in [-0.15, -0.1) is 0 Å². The highest BCUT2D eigenvalue weighted by atomic mass is 16.6. The summed E-state index contributed by atoms with van der Waals surface area (Å²) in [6.07, 6.45) is -0.665. The second-order valence-corrected chi connectivity index (χ2v) is 3.68. The van der Waals surface area contributed by atoms with Gasteiger partial charge in [0.15, 0.2) is 0 Å². The lowest BCUT2D eigenvalue weighted by molar-refractivity contribution is -0.384. The van der Waals surface area contributed by atoms with E-state index >= 15 is 0 Å². The average Bonchev–Trinajstić information content (AvgIpc) is 2.78. The summed E-state index contributed by atoms with van der Waals surface area (Å²) in [6, 6.07) is 9.47. The van der Waals surface area contributed by atoms with Gasteiger partial charge in [-0.3, -0.25) is 10.1 Å². The van der Waals surface area contributed by atoms with E-state index in [1.54, 1.807) is 31.2 Å². The Kier molecular flexibility index (Phi) is 2.93. The van der Waals surface area contributed by atoms with E-state index in [1.807, 2.05) is 0 Å². The summed E-state index contributed by atoms with van der Waals surface area (Å²) in [6.45, 7) is 1.61. The number of benzene rings is 1. The van der Waals surface area contributed by atoms with Crippen molar-refractivity contribution in [3.05, 3.63) is 52.3 Å². The average molecular weight is 233 g/mol. The molecule has 0 bridgehead atoms. The zero-order valence-electron chi connectivity index (χ0n) is 9.16. The molecule has 0 fully saturated rings. The molecule has 0 saturated carbocycles. The highest BCUT2D eigenvalue weighted by Crippen LogP contribution is 2.26. The Balaban J connectivity index is 2.30. The summed E-state index contributed by atoms with van der Waals surface area (Å²) in [5.74, 6) is 1.05. The molecule has 0 saturated heterocycles. The van der Waals surface area contributed by atoms with Crippen LogP contribution in [0.4, 0.5) is 5.69 Å². The molecule has 17 heavy (non-hydrogen) atoms. The van der Waals surface area contributed by atoms with E-state index in [1.165, 1.54) is 12.1 Å². The van der Waals surface area contributed by atoms with Crippen molar-refractivity contribution in [2.45, 2.75) is 13.0 Å². The van der Waals surface area contributed by atoms with Crippen molar-refractivity contribution in [1.82, 2.24) is 0 Å². The van der Waals surface area contributed by atoms with Crippen molar-refractivity contribution in [2.24, 2.45) is 0 Å². The van der Waals surface area contributed by atoms with Crippen LogP contribution >= 0.6 is 0 Å². The smallest absolute Gasteiger partial charge is 0.269 e. The Morgan fingerprint density at radius 2 is 1.88 bits per heavy atom. The Hall–Kier alpha value is -2.14. The zero-order chi connectivity index (χ0) is 12.4. The molecule has 1 atom stereocenters. The van der Waals surface area contributed by atoms with E-state index in [9.17, 15) is 15.2 Å². The van der Waals surface area contributed by atoms with Gasteiger partial charge in [0.2, 0.25) is 0 Å². The summed E-state index contributed by atoms with van der Waals surface area (Å²) < 4.78 is 5.41. The van der Waals surface area contributed by atoms with Gasteiger partial charge >= 0.3 is 0 Å². The molecule has 88 valence electrons. The van der Waals surface area contributed by atoms with Gasteiger partial charge in [-0.25, -0.2) is 0 Å². The van der Waals surface area contributed by atoms with Gasteiger partial charge in [-0.1, -0.05) is 0 Å². The van der Waals surface area contributed by atoms with Gasteiger partial charge in [0, 0.05) is 17.7 Å². The first kappa shape index (κ1) is 11.3. The molecular weight excluding hydrogens is 222 g/mol. The molecule has 0 aliphatic heterocycles. The molecule has 1 heterocycles. The van der Waals surface area contributed by atoms with E-state index in [-0.39, 0.29) is 5.69 Å². The predicted molar refractivity (Wildman–Crippen MR) is 61.4 cm³/mol. The second kappa shape index (κ2) is 4.39. The fourth-order valence-corrected chi connectivity index (χ4v) is 1.48. The molecule has 2 rings (SSSR count). The number of nitro benzene ring substituents is 1. The molecule has 1 unspecified atom stereocenters. The first-order valence-electron chi connectivity index (χ1n) is 5.10. The van der Waals surface area contributed by atoms with Crippen LogP contribution in [0.2, 0.25) is 0 Å². The lowest BCUT2D eigenvalue weighted by Crippen LogP contribution is -1.87. The van der Waals surface area contributed by atoms with Crippen LogP contribution in [-0.2, 0) is 0 Å². The zero-order valence-corrected chi connectivity index (χ0v) is 9.16. The molecule has 2 aromatic rings. The number of hydrogen-bond donors (Lipinski definition) is 1. The highest BCUT2D eigenvalue weighted by Gasteiger charge is 2.10. The SMILES string of the molecule is CC(O)c1ccc(-c2ccc([N+](=O)[O-])cc2)o1. The largest absolute Gasteiger partial charge is 0.458 e. The molecular formula is C12H11NO4. The van der Waals surface area contributed by atoms with Gasteiger partial charge in [0.1, 0.15) is 17.6 Å². The molecule has 0 aliphatic carbocycles. The number of furan rings is 1. The Morgan fingerprint density at radius 1 is 1.24 bits per heavy atom. The van der Waals surface area contributed by atoms with Gasteiger partial charge < -0.3 is 9.52 Å². The summed E-state index contributed by atoms with van der Waals surface area (Å²) >= 11 is 0. The lowest BCUT2D eigenvalue weighted by Gasteiger charge is -1.99. The van der Waals surface area contributed by atoms with Crippen LogP contribution < -0.4 is 0 Å². The Morgan fingerprint density at radius 3 is 2.35 bits per heavy atom. The van der Waals surface area contributed by atoms with Gasteiger partial charge in [-0.05, 0) is 31.2 Å². The first-order chi connectivity index (χ1) is 8.08. The summed E-state index contributed by atoms with van der Waals surface area (Å²) in [5.41, 5.74) is 0.776. The van der Waals surface area contributed by atoms with Gasteiger partial charge in [0.25, 0.3) is 5.69 Å². The van der Waals surface area contributed by atoms with Gasteiger partial charge in [-0.2, -0.15) is 0 Å². The number of non-ortho nitro benzene ring substituents is 1. The predicted octanol–water partition coefficient (Wildman–Crippen LogP) is 2.91. The van der Waals surface area contributed by atoms with Crippen molar-refractivity contribution >= 4 is 5.69 Å². The standard InChI is InChI=1S/C12H11NO4/c1-8(14)11-6-7-12(17-11)9-2-4-10(5-3-9)13(15)16/h2-8,14H,1H3. The van der Waals surface area contributed by atoms with E-state index in [4.69, 9.17) is 4.42 Å². The molecule has 0 radical (unpaired) electrons. The molecule has 0 spiro atoms. The van der Waals surface area contributed by atoms with Crippen molar-refractivity contribution in [3.63, 3.8) is 0 Å². The van der Waals surface area contributed by atoms with Crippen molar-refractivity contribution < 1.29 is 14.4 Å². The van der Waals surface area contributed by atoms with Crippen molar-refractivity contribution in [1.29, 1.82) is 0 Å². The van der Waals surface area contributed by atoms with Crippen LogP contribution in [-0.4, -0.2) is 10.0 Å². The van der Waals surface area contributed by atoms with E-state index in [2.05, 4.69) is 0 Å². The molecule has 0 aliphatic rings. The first-order valence-corrected chi connectivity index (χ1v) is 5.10. The normalized spacial score (nSPS) is 12.4. The van der Waals surface area contributed by atoms with Crippen LogP contribution in [0.25, 0.3) is 11.3 Å². The maximum absolute atomic E-state index is 10.5. The van der Waals surface area contributed by atoms with E-state index in [0.717, 1.165) is 5.56 Å². The molecule has 1 aromatic heterocycles. The third-order valence-corrected chi connectivity index (χ3v) is 2.40. The quantitative estimate of drug-likeness (QED) is 0.653. The van der Waals surface area contributed by atoms with Crippen LogP contribution in [0.3, 0.4) is 0 Å². The van der Waals surface area contributed by atoms with Crippen molar-refractivity contribution in [3.8, 4) is 11.3 Å². The minimum Gasteiger partial charge on any atom is -0.458 e. The van der Waals surface area contributed by atoms with E-state index in [0.29, 0.717) is 11.5 Å². The number of rotatable bonds is 3. The second-order valence-electron chi connectivity index (χ2n) is 3.68. The fourth-order valence-electron chi connectivity index (χ4n) is 1.48. The topological polar surface area (TPSA) is 76.5 Å². The molecule has 1 aromatic carbocycles. The number of aliphatic hydroxyl groups excluding tert-OH is 1. The number of aliphatic hydroxyl groups is 1. The molecule has 1 N–H and O–H groups in total. The molecule has 5 heteroatoms. The molecule has 0 amide bonds. The van der Waals surface area contributed by atoms with Crippen molar-refractivity contribution in [2.75, 3.05) is 0 Å².